The fourth-order valence-corrected chi connectivity index (χ4v) is 4.02. The molecular weight excluding hydrogens is 278 g/mol. The molecule has 3 rings (SSSR count). The highest BCUT2D eigenvalue weighted by molar-refractivity contribution is 7.10. The summed E-state index contributed by atoms with van der Waals surface area (Å²) in [4.78, 5) is 4.17. The summed E-state index contributed by atoms with van der Waals surface area (Å²) in [6.45, 7) is 2.24. The smallest absolute Gasteiger partial charge is 0.118 e. The number of ether oxygens (including phenoxy) is 1. The molecule has 2 aromatic rings. The van der Waals surface area contributed by atoms with Gasteiger partial charge >= 0.3 is 0 Å². The highest BCUT2D eigenvalue weighted by atomic mass is 32.1. The van der Waals surface area contributed by atoms with E-state index in [1.165, 1.54) is 42.7 Å². The van der Waals surface area contributed by atoms with E-state index in [1.54, 1.807) is 7.11 Å². The first kappa shape index (κ1) is 14.6. The highest BCUT2D eigenvalue weighted by Gasteiger charge is 2.23. The van der Waals surface area contributed by atoms with Crippen LogP contribution in [0.3, 0.4) is 0 Å². The minimum atomic E-state index is 0.592. The molecule has 0 spiro atoms. The van der Waals surface area contributed by atoms with Crippen molar-refractivity contribution in [1.29, 1.82) is 0 Å². The lowest BCUT2D eigenvalue weighted by molar-refractivity contribution is 0.195. The van der Waals surface area contributed by atoms with Crippen LogP contribution in [0.15, 0.2) is 41.8 Å². The lowest BCUT2D eigenvalue weighted by atomic mass is 10.1. The van der Waals surface area contributed by atoms with Crippen LogP contribution in [0.5, 0.6) is 5.75 Å². The van der Waals surface area contributed by atoms with Gasteiger partial charge < -0.3 is 4.74 Å². The summed E-state index contributed by atoms with van der Waals surface area (Å²) in [6, 6.07) is 13.6. The molecule has 1 aliphatic heterocycles. The van der Waals surface area contributed by atoms with E-state index in [0.29, 0.717) is 6.04 Å². The van der Waals surface area contributed by atoms with Gasteiger partial charge in [-0.2, -0.15) is 0 Å². The molecule has 3 heteroatoms. The van der Waals surface area contributed by atoms with Crippen LogP contribution in [0.25, 0.3) is 0 Å². The van der Waals surface area contributed by atoms with Crippen LogP contribution in [-0.4, -0.2) is 18.6 Å². The molecule has 1 fully saturated rings. The summed E-state index contributed by atoms with van der Waals surface area (Å²) in [5.41, 5.74) is 1.37. The molecule has 1 aromatic carbocycles. The van der Waals surface area contributed by atoms with E-state index in [9.17, 15) is 0 Å². The fraction of sp³-hybridized carbons (Fsp3) is 0.444. The van der Waals surface area contributed by atoms with E-state index in [2.05, 4.69) is 46.7 Å². The lowest BCUT2D eigenvalue weighted by Gasteiger charge is -2.29. The topological polar surface area (TPSA) is 12.5 Å². The normalized spacial score (nSPS) is 20.1. The molecule has 1 aliphatic rings. The minimum Gasteiger partial charge on any atom is -0.497 e. The van der Waals surface area contributed by atoms with Crippen molar-refractivity contribution in [2.75, 3.05) is 13.7 Å². The number of thiophene rings is 1. The van der Waals surface area contributed by atoms with Gasteiger partial charge in [0.05, 0.1) is 7.11 Å². The zero-order valence-electron chi connectivity index (χ0n) is 12.6. The zero-order valence-corrected chi connectivity index (χ0v) is 13.4. The summed E-state index contributed by atoms with van der Waals surface area (Å²) in [6.07, 6.45) is 5.32. The van der Waals surface area contributed by atoms with Crippen LogP contribution in [0.2, 0.25) is 0 Å². The monoisotopic (exact) mass is 301 g/mol. The van der Waals surface area contributed by atoms with E-state index in [1.807, 2.05) is 11.3 Å². The first-order valence-corrected chi connectivity index (χ1v) is 8.65. The Bertz CT molecular complexity index is 535. The summed E-state index contributed by atoms with van der Waals surface area (Å²) < 4.78 is 5.25. The summed E-state index contributed by atoms with van der Waals surface area (Å²) in [7, 11) is 1.72. The Kier molecular flexibility index (Phi) is 4.94. The van der Waals surface area contributed by atoms with E-state index in [0.717, 1.165) is 12.3 Å². The maximum absolute atomic E-state index is 5.25. The van der Waals surface area contributed by atoms with Gasteiger partial charge in [0.15, 0.2) is 0 Å². The summed E-state index contributed by atoms with van der Waals surface area (Å²) in [5.74, 6) is 0.935. The van der Waals surface area contributed by atoms with Gasteiger partial charge in [0.25, 0.3) is 0 Å². The molecule has 1 atom stereocenters. The standard InChI is InChI=1S/C18H23NOS/c1-20-16-10-8-15(9-11-16)14-19-12-4-2-3-6-17(19)18-7-5-13-21-18/h5,7-11,13,17H,2-4,6,12,14H2,1H3. The summed E-state index contributed by atoms with van der Waals surface area (Å²) in [5, 5.41) is 2.20. The second kappa shape index (κ2) is 7.10. The molecule has 0 bridgehead atoms. The van der Waals surface area contributed by atoms with Crippen LogP contribution >= 0.6 is 11.3 Å². The fourth-order valence-electron chi connectivity index (χ4n) is 3.13. The molecule has 112 valence electrons. The number of rotatable bonds is 4. The van der Waals surface area contributed by atoms with Crippen molar-refractivity contribution >= 4 is 11.3 Å². The molecule has 0 aliphatic carbocycles. The van der Waals surface area contributed by atoms with Gasteiger partial charge in [-0.1, -0.05) is 31.0 Å². The van der Waals surface area contributed by atoms with E-state index in [4.69, 9.17) is 4.74 Å². The summed E-state index contributed by atoms with van der Waals surface area (Å²) >= 11 is 1.90. The van der Waals surface area contributed by atoms with Crippen molar-refractivity contribution in [3.63, 3.8) is 0 Å². The van der Waals surface area contributed by atoms with Crippen LogP contribution in [0, 0.1) is 0 Å². The molecule has 0 radical (unpaired) electrons. The number of methoxy groups -OCH3 is 1. The van der Waals surface area contributed by atoms with Crippen molar-refractivity contribution in [3.05, 3.63) is 52.2 Å². The second-order valence-corrected chi connectivity index (χ2v) is 6.68. The van der Waals surface area contributed by atoms with Crippen molar-refractivity contribution < 1.29 is 4.74 Å². The molecule has 0 saturated carbocycles. The molecular formula is C18H23NOS. The third-order valence-corrected chi connectivity index (χ3v) is 5.25. The Labute approximate surface area is 131 Å². The minimum absolute atomic E-state index is 0.592. The Hall–Kier alpha value is -1.32. The van der Waals surface area contributed by atoms with Crippen LogP contribution in [0.1, 0.15) is 42.2 Å². The van der Waals surface area contributed by atoms with Crippen LogP contribution in [0.4, 0.5) is 0 Å². The maximum atomic E-state index is 5.25. The lowest BCUT2D eigenvalue weighted by Crippen LogP contribution is -2.27. The number of nitrogens with zero attached hydrogens (tertiary/aromatic N) is 1. The van der Waals surface area contributed by atoms with Gasteiger partial charge in [0.2, 0.25) is 0 Å². The van der Waals surface area contributed by atoms with Gasteiger partial charge in [-0.15, -0.1) is 11.3 Å². The Morgan fingerprint density at radius 3 is 2.71 bits per heavy atom. The quantitative estimate of drug-likeness (QED) is 0.798. The van der Waals surface area contributed by atoms with Crippen molar-refractivity contribution in [2.24, 2.45) is 0 Å². The predicted octanol–water partition coefficient (Wildman–Crippen LogP) is 4.87. The van der Waals surface area contributed by atoms with Gasteiger partial charge in [0.1, 0.15) is 5.75 Å². The molecule has 1 saturated heterocycles. The van der Waals surface area contributed by atoms with Crippen molar-refractivity contribution in [1.82, 2.24) is 4.90 Å². The Morgan fingerprint density at radius 2 is 2.00 bits per heavy atom. The molecule has 1 aromatic heterocycles. The predicted molar refractivity (Wildman–Crippen MR) is 88.9 cm³/mol. The van der Waals surface area contributed by atoms with E-state index < -0.39 is 0 Å². The van der Waals surface area contributed by atoms with Gasteiger partial charge in [-0.3, -0.25) is 4.90 Å². The van der Waals surface area contributed by atoms with E-state index in [-0.39, 0.29) is 0 Å². The average molecular weight is 301 g/mol. The van der Waals surface area contributed by atoms with Gasteiger partial charge in [-0.25, -0.2) is 0 Å². The van der Waals surface area contributed by atoms with E-state index >= 15 is 0 Å². The first-order chi connectivity index (χ1) is 10.4. The Balaban J connectivity index is 1.76. The largest absolute Gasteiger partial charge is 0.497 e. The molecule has 2 nitrogen and oxygen atoms in total. The maximum Gasteiger partial charge on any atom is 0.118 e. The van der Waals surface area contributed by atoms with Gasteiger partial charge in [-0.05, 0) is 48.5 Å². The molecule has 21 heavy (non-hydrogen) atoms. The van der Waals surface area contributed by atoms with Gasteiger partial charge in [0, 0.05) is 17.5 Å². The molecule has 0 N–H and O–H groups in total. The molecule has 0 amide bonds. The van der Waals surface area contributed by atoms with Crippen LogP contribution in [-0.2, 0) is 6.54 Å². The highest BCUT2D eigenvalue weighted by Crippen LogP contribution is 2.33. The zero-order chi connectivity index (χ0) is 14.5. The third kappa shape index (κ3) is 3.66. The number of likely N-dealkylation sites (tertiary alicyclic amines) is 1. The molecule has 2 heterocycles. The molecule has 1 unspecified atom stereocenters. The van der Waals surface area contributed by atoms with Crippen molar-refractivity contribution in [3.8, 4) is 5.75 Å². The van der Waals surface area contributed by atoms with Crippen molar-refractivity contribution in [2.45, 2.75) is 38.3 Å². The number of benzene rings is 1. The first-order valence-electron chi connectivity index (χ1n) is 7.77. The number of hydrogen-bond acceptors (Lipinski definition) is 3. The average Bonchev–Trinajstić information content (AvgIpc) is 2.96. The third-order valence-electron chi connectivity index (χ3n) is 4.28. The van der Waals surface area contributed by atoms with Crippen LogP contribution < -0.4 is 4.74 Å². The SMILES string of the molecule is COc1ccc(CN2CCCCCC2c2cccs2)cc1. The second-order valence-electron chi connectivity index (χ2n) is 5.70. The Morgan fingerprint density at radius 1 is 1.14 bits per heavy atom. The number of hydrogen-bond donors (Lipinski definition) is 0.